The third kappa shape index (κ3) is 24.7. The second kappa shape index (κ2) is 16.0. The molecule has 2 aromatic carbocycles. The van der Waals surface area contributed by atoms with E-state index in [2.05, 4.69) is 33.7 Å². The summed E-state index contributed by atoms with van der Waals surface area (Å²) in [5.41, 5.74) is 1.56. The van der Waals surface area contributed by atoms with Crippen LogP contribution in [-0.2, 0) is 23.7 Å². The predicted molar refractivity (Wildman–Crippen MR) is 160 cm³/mol. The van der Waals surface area contributed by atoms with E-state index in [-0.39, 0.29) is 21.3 Å². The fourth-order valence-electron chi connectivity index (χ4n) is 1.96. The van der Waals surface area contributed by atoms with Gasteiger partial charge in [0, 0.05) is 10.7 Å². The Balaban J connectivity index is 0. The zero-order valence-corrected chi connectivity index (χ0v) is 29.1. The van der Waals surface area contributed by atoms with Gasteiger partial charge in [-0.1, -0.05) is 12.1 Å². The third-order valence-electron chi connectivity index (χ3n) is 3.18. The Morgan fingerprint density at radius 2 is 1.03 bits per heavy atom. The summed E-state index contributed by atoms with van der Waals surface area (Å²) in [4.78, 5) is -0.188. The SMILES string of the molecule is COc1ccc(C)cc1S(=O)(=O)Cl.COc1ccc(C)cc1S(=O)(=O)O.ClP(Cl)(Cl)(Cl)Cl.O=P(Cl)(Cl)Cl. The van der Waals surface area contributed by atoms with Crippen LogP contribution in [-0.4, -0.2) is 35.6 Å². The van der Waals surface area contributed by atoms with Crippen LogP contribution in [0.2, 0.25) is 0 Å². The van der Waals surface area contributed by atoms with Gasteiger partial charge in [-0.15, -0.1) is 0 Å². The number of aryl methyl sites for hydroxylation is 2. The molecule has 0 atom stereocenters. The molecule has 1 N–H and O–H groups in total. The van der Waals surface area contributed by atoms with Crippen molar-refractivity contribution in [2.75, 3.05) is 14.2 Å². The standard InChI is InChI=1S/C8H9ClO3S.C8H10O4S.Cl5P.Cl3OP/c2*1-6-3-4-7(12-2)8(5-6)13(9,10)11;1-6(2,3,4)5;1-5(2,3)4/h3-5H,1-2H3;3-5H,1-2H3,(H,9,10,11);;. The Bertz CT molecular complexity index is 1200. The molecule has 0 aliphatic rings. The molecular weight excluding hydrogens is 765 g/mol. The first-order valence-electron chi connectivity index (χ1n) is 8.65. The van der Waals surface area contributed by atoms with Crippen molar-refractivity contribution in [3.63, 3.8) is 0 Å². The van der Waals surface area contributed by atoms with Crippen LogP contribution in [0.4, 0.5) is 0 Å². The van der Waals surface area contributed by atoms with E-state index in [1.807, 2.05) is 0 Å². The van der Waals surface area contributed by atoms with Crippen molar-refractivity contribution in [2.24, 2.45) is 0 Å². The fraction of sp³-hybridized carbons (Fsp3) is 0.250. The molecule has 0 aliphatic carbocycles. The summed E-state index contributed by atoms with van der Waals surface area (Å²) in [7, 11) is 0.0383. The summed E-state index contributed by atoms with van der Waals surface area (Å²) in [6.07, 6.45) is 0. The maximum Gasteiger partial charge on any atom is 0.339 e. The van der Waals surface area contributed by atoms with E-state index in [1.54, 1.807) is 32.0 Å². The largest absolute Gasteiger partial charge is 0.339 e. The van der Waals surface area contributed by atoms with Gasteiger partial charge in [-0.2, -0.15) is 8.42 Å². The Morgan fingerprint density at radius 1 is 0.757 bits per heavy atom. The predicted octanol–water partition coefficient (Wildman–Crippen LogP) is 10.3. The van der Waals surface area contributed by atoms with Gasteiger partial charge in [0.1, 0.15) is 21.3 Å². The molecule has 0 spiro atoms. The average molecular weight is 784 g/mol. The summed E-state index contributed by atoms with van der Waals surface area (Å²) >= 11 is 38.7. The van der Waals surface area contributed by atoms with E-state index in [0.29, 0.717) is 0 Å². The van der Waals surface area contributed by atoms with Crippen molar-refractivity contribution in [3.8, 4) is 11.5 Å². The molecule has 37 heavy (non-hydrogen) atoms. The molecule has 0 heterocycles. The first-order chi connectivity index (χ1) is 16.1. The van der Waals surface area contributed by atoms with Gasteiger partial charge in [-0.3, -0.25) is 9.12 Å². The van der Waals surface area contributed by atoms with Crippen LogP contribution in [0.25, 0.3) is 0 Å². The van der Waals surface area contributed by atoms with Crippen molar-refractivity contribution in [1.82, 2.24) is 0 Å². The summed E-state index contributed by atoms with van der Waals surface area (Å²) in [5.74, 6) is 0.411. The molecule has 0 saturated carbocycles. The first kappa shape index (κ1) is 40.3. The number of rotatable bonds is 4. The molecule has 216 valence electrons. The topological polar surface area (TPSA) is 124 Å². The first-order valence-corrected chi connectivity index (χ1v) is 23.6. The van der Waals surface area contributed by atoms with Crippen LogP contribution in [0.5, 0.6) is 11.5 Å². The molecule has 0 radical (unpaired) electrons. The van der Waals surface area contributed by atoms with Crippen molar-refractivity contribution in [1.29, 1.82) is 0 Å². The minimum Gasteiger partial charge on any atom is -0.271 e. The van der Waals surface area contributed by atoms with E-state index in [1.165, 1.54) is 32.4 Å². The van der Waals surface area contributed by atoms with Crippen LogP contribution in [0.3, 0.4) is 0 Å². The monoisotopic (exact) mass is 780 g/mol. The van der Waals surface area contributed by atoms with Crippen LogP contribution in [0.1, 0.15) is 11.1 Å². The van der Waals surface area contributed by atoms with Gasteiger partial charge >= 0.3 is 64.8 Å². The number of hydrogen-bond donors (Lipinski definition) is 1. The fourth-order valence-corrected chi connectivity index (χ4v) is 3.78. The van der Waals surface area contributed by atoms with E-state index in [0.717, 1.165) is 11.1 Å². The Kier molecular flexibility index (Phi) is 17.4. The van der Waals surface area contributed by atoms with Crippen LogP contribution in [0, 0.1) is 13.8 Å². The average Bonchev–Trinajstić information content (AvgIpc) is 2.64. The minimum absolute atomic E-state index is 0.0108. The van der Waals surface area contributed by atoms with Gasteiger partial charge in [0.25, 0.3) is 19.2 Å². The van der Waals surface area contributed by atoms with E-state index in [9.17, 15) is 21.4 Å². The second-order valence-electron chi connectivity index (χ2n) is 6.26. The Labute approximate surface area is 258 Å². The Hall–Kier alpha value is 1.17. The molecule has 2 rings (SSSR count). The van der Waals surface area contributed by atoms with Gasteiger partial charge in [-0.25, -0.2) is 8.42 Å². The zero-order chi connectivity index (χ0) is 30.1. The van der Waals surface area contributed by atoms with Gasteiger partial charge in [0.2, 0.25) is 0 Å². The van der Waals surface area contributed by atoms with Gasteiger partial charge < -0.3 is 9.47 Å². The molecule has 0 aromatic heterocycles. The maximum absolute atomic E-state index is 11.1. The molecule has 0 fully saturated rings. The summed E-state index contributed by atoms with van der Waals surface area (Å²) in [6.45, 7) is 3.51. The van der Waals surface area contributed by atoms with Crippen LogP contribution >= 0.6 is 109 Å². The molecule has 0 saturated heterocycles. The van der Waals surface area contributed by atoms with Crippen molar-refractivity contribution in [3.05, 3.63) is 47.5 Å². The van der Waals surface area contributed by atoms with Crippen molar-refractivity contribution in [2.45, 2.75) is 23.6 Å². The Morgan fingerprint density at radius 3 is 1.27 bits per heavy atom. The van der Waals surface area contributed by atoms with Crippen LogP contribution in [0.15, 0.2) is 46.2 Å². The van der Waals surface area contributed by atoms with E-state index < -0.39 is 27.7 Å². The van der Waals surface area contributed by atoms with E-state index >= 15 is 0 Å². The molecule has 2 aromatic rings. The molecule has 0 amide bonds. The van der Waals surface area contributed by atoms with Gasteiger partial charge in [-0.05, 0) is 83.0 Å². The summed E-state index contributed by atoms with van der Waals surface area (Å²) < 4.78 is 68.1. The summed E-state index contributed by atoms with van der Waals surface area (Å²) in [5, 5.41) is -3.22. The second-order valence-corrected chi connectivity index (χ2v) is 33.4. The molecule has 21 heteroatoms. The molecule has 0 aliphatic heterocycles. The number of methoxy groups -OCH3 is 2. The normalized spacial score (nSPS) is 12.6. The molecular formula is C16H19Cl9O8P2S2. The molecule has 8 nitrogen and oxygen atoms in total. The van der Waals surface area contributed by atoms with Crippen LogP contribution < -0.4 is 9.47 Å². The zero-order valence-electron chi connectivity index (χ0n) is 18.9. The summed E-state index contributed by atoms with van der Waals surface area (Å²) in [6, 6.07) is 9.36. The number of benzene rings is 2. The number of hydrogen-bond acceptors (Lipinski definition) is 7. The van der Waals surface area contributed by atoms with Gasteiger partial charge in [0.15, 0.2) is 0 Å². The quantitative estimate of drug-likeness (QED) is 0.185. The molecule has 0 unspecified atom stereocenters. The van der Waals surface area contributed by atoms with Crippen molar-refractivity contribution >= 4 is 128 Å². The number of halogens is 9. The smallest absolute Gasteiger partial charge is 0.271 e. The minimum atomic E-state index is -4.19. The number of ether oxygens (including phenoxy) is 2. The van der Waals surface area contributed by atoms with Crippen molar-refractivity contribution < 1.29 is 35.4 Å². The van der Waals surface area contributed by atoms with E-state index in [4.69, 9.17) is 80.9 Å². The van der Waals surface area contributed by atoms with Gasteiger partial charge in [0.05, 0.1) is 14.2 Å². The molecule has 0 bridgehead atoms. The maximum atomic E-state index is 11.1. The third-order valence-corrected chi connectivity index (χ3v) is 5.40.